The number of hydrogen-bond acceptors (Lipinski definition) is 3. The van der Waals surface area contributed by atoms with Crippen LogP contribution < -0.4 is 5.32 Å². The molecule has 0 heterocycles. The minimum absolute atomic E-state index is 0.218. The van der Waals surface area contributed by atoms with Crippen LogP contribution in [0.4, 0.5) is 5.69 Å². The van der Waals surface area contributed by atoms with E-state index >= 15 is 0 Å². The third-order valence-corrected chi connectivity index (χ3v) is 2.72. The van der Waals surface area contributed by atoms with Crippen molar-refractivity contribution in [3.8, 4) is 0 Å². The molecule has 1 N–H and O–H groups in total. The Kier molecular flexibility index (Phi) is 5.44. The highest BCUT2D eigenvalue weighted by Gasteiger charge is 2.17. The van der Waals surface area contributed by atoms with Crippen LogP contribution in [0.2, 0.25) is 10.0 Å². The lowest BCUT2D eigenvalue weighted by Crippen LogP contribution is -2.29. The highest BCUT2D eigenvalue weighted by atomic mass is 35.5. The number of benzene rings is 1. The number of esters is 1. The van der Waals surface area contributed by atoms with Crippen molar-refractivity contribution in [1.29, 1.82) is 0 Å². The number of rotatable bonds is 4. The van der Waals surface area contributed by atoms with Gasteiger partial charge in [-0.1, -0.05) is 30.1 Å². The van der Waals surface area contributed by atoms with E-state index in [9.17, 15) is 9.59 Å². The van der Waals surface area contributed by atoms with Crippen molar-refractivity contribution in [3.05, 3.63) is 28.2 Å². The zero-order valence-corrected chi connectivity index (χ0v) is 11.5. The maximum Gasteiger partial charge on any atom is 0.306 e. The average Bonchev–Trinajstić information content (AvgIpc) is 2.33. The second kappa shape index (κ2) is 6.61. The quantitative estimate of drug-likeness (QED) is 0.866. The third-order valence-electron chi connectivity index (χ3n) is 2.15. The summed E-state index contributed by atoms with van der Waals surface area (Å²) in [5.41, 5.74) is 0.383. The lowest BCUT2D eigenvalue weighted by Gasteiger charge is -2.13. The van der Waals surface area contributed by atoms with E-state index in [-0.39, 0.29) is 6.42 Å². The zero-order chi connectivity index (χ0) is 13.7. The Labute approximate surface area is 115 Å². The van der Waals surface area contributed by atoms with Crippen molar-refractivity contribution in [2.45, 2.75) is 26.4 Å². The van der Waals surface area contributed by atoms with Gasteiger partial charge < -0.3 is 10.1 Å². The third kappa shape index (κ3) is 4.20. The first-order chi connectivity index (χ1) is 8.43. The number of amides is 1. The molecule has 0 aliphatic heterocycles. The summed E-state index contributed by atoms with van der Waals surface area (Å²) in [5, 5.41) is 3.36. The average molecular weight is 290 g/mol. The summed E-state index contributed by atoms with van der Waals surface area (Å²) in [7, 11) is 0. The maximum absolute atomic E-state index is 11.7. The van der Waals surface area contributed by atoms with Crippen molar-refractivity contribution in [2.75, 3.05) is 5.32 Å². The molecule has 0 aromatic heterocycles. The van der Waals surface area contributed by atoms with Crippen LogP contribution in [0.5, 0.6) is 0 Å². The second-order valence-corrected chi connectivity index (χ2v) is 4.44. The molecule has 4 nitrogen and oxygen atoms in total. The molecule has 1 amide bonds. The van der Waals surface area contributed by atoms with E-state index in [1.165, 1.54) is 13.0 Å². The van der Waals surface area contributed by atoms with Crippen LogP contribution >= 0.6 is 23.2 Å². The topological polar surface area (TPSA) is 55.4 Å². The molecule has 0 saturated carbocycles. The molecule has 0 aliphatic rings. The number of nitrogens with one attached hydrogen (secondary N) is 1. The summed E-state index contributed by atoms with van der Waals surface area (Å²) < 4.78 is 4.88. The Morgan fingerprint density at radius 2 is 2.06 bits per heavy atom. The maximum atomic E-state index is 11.7. The van der Waals surface area contributed by atoms with Crippen molar-refractivity contribution in [2.24, 2.45) is 0 Å². The minimum atomic E-state index is -0.882. The molecule has 0 aliphatic carbocycles. The SMILES string of the molecule is CCC(=O)O[C@@H](C)C(=O)Nc1cc(Cl)ccc1Cl. The monoisotopic (exact) mass is 289 g/mol. The highest BCUT2D eigenvalue weighted by Crippen LogP contribution is 2.25. The molecule has 1 aromatic carbocycles. The summed E-state index contributed by atoms with van der Waals surface area (Å²) in [4.78, 5) is 22.8. The number of carbonyl (C=O) groups is 2. The van der Waals surface area contributed by atoms with Crippen LogP contribution in [0.25, 0.3) is 0 Å². The molecule has 6 heteroatoms. The number of halogens is 2. The Balaban J connectivity index is 2.69. The van der Waals surface area contributed by atoms with E-state index in [1.54, 1.807) is 19.1 Å². The van der Waals surface area contributed by atoms with Gasteiger partial charge in [0.15, 0.2) is 6.10 Å². The Morgan fingerprint density at radius 1 is 1.39 bits per heavy atom. The van der Waals surface area contributed by atoms with Gasteiger partial charge in [-0.2, -0.15) is 0 Å². The van der Waals surface area contributed by atoms with Crippen LogP contribution in [-0.2, 0) is 14.3 Å². The van der Waals surface area contributed by atoms with Crippen molar-refractivity contribution in [3.63, 3.8) is 0 Å². The molecule has 0 radical (unpaired) electrons. The van der Waals surface area contributed by atoms with E-state index in [4.69, 9.17) is 27.9 Å². The minimum Gasteiger partial charge on any atom is -0.453 e. The first-order valence-corrected chi connectivity index (χ1v) is 6.15. The summed E-state index contributed by atoms with van der Waals surface area (Å²) in [5.74, 6) is -0.893. The van der Waals surface area contributed by atoms with Gasteiger partial charge in [-0.15, -0.1) is 0 Å². The molecule has 98 valence electrons. The van der Waals surface area contributed by atoms with Crippen LogP contribution in [0.3, 0.4) is 0 Å². The Hall–Kier alpha value is -1.26. The number of hydrogen-bond donors (Lipinski definition) is 1. The Morgan fingerprint density at radius 3 is 2.67 bits per heavy atom. The summed E-state index contributed by atoms with van der Waals surface area (Å²) in [6, 6.07) is 4.71. The van der Waals surface area contributed by atoms with E-state index in [2.05, 4.69) is 5.32 Å². The van der Waals surface area contributed by atoms with Crippen molar-refractivity contribution < 1.29 is 14.3 Å². The first-order valence-electron chi connectivity index (χ1n) is 5.39. The summed E-state index contributed by atoms with van der Waals surface area (Å²) in [6.45, 7) is 3.14. The number of anilines is 1. The molecule has 0 fully saturated rings. The normalized spacial score (nSPS) is 11.8. The van der Waals surface area contributed by atoms with Gasteiger partial charge in [0.25, 0.3) is 5.91 Å². The molecular weight excluding hydrogens is 277 g/mol. The molecule has 1 atom stereocenters. The van der Waals surface area contributed by atoms with E-state index < -0.39 is 18.0 Å². The van der Waals surface area contributed by atoms with Gasteiger partial charge >= 0.3 is 5.97 Å². The van der Waals surface area contributed by atoms with Crippen molar-refractivity contribution >= 4 is 40.8 Å². The van der Waals surface area contributed by atoms with Gasteiger partial charge in [0.05, 0.1) is 10.7 Å². The number of ether oxygens (including phenoxy) is 1. The standard InChI is InChI=1S/C12H13Cl2NO3/c1-3-11(16)18-7(2)12(17)15-10-6-8(13)4-5-9(10)14/h4-7H,3H2,1-2H3,(H,15,17)/t7-/m0/s1. The van der Waals surface area contributed by atoms with Gasteiger partial charge in [-0.3, -0.25) is 9.59 Å². The van der Waals surface area contributed by atoms with Crippen molar-refractivity contribution in [1.82, 2.24) is 0 Å². The predicted molar refractivity (Wildman–Crippen MR) is 70.9 cm³/mol. The van der Waals surface area contributed by atoms with E-state index in [0.29, 0.717) is 15.7 Å². The summed E-state index contributed by atoms with van der Waals surface area (Å²) in [6.07, 6.45) is -0.664. The molecule has 0 spiro atoms. The van der Waals surface area contributed by atoms with E-state index in [1.807, 2.05) is 0 Å². The van der Waals surface area contributed by atoms with Crippen LogP contribution in [0.1, 0.15) is 20.3 Å². The molecule has 0 bridgehead atoms. The molecule has 1 rings (SSSR count). The molecule has 1 aromatic rings. The highest BCUT2D eigenvalue weighted by molar-refractivity contribution is 6.35. The Bertz CT molecular complexity index is 463. The van der Waals surface area contributed by atoms with Gasteiger partial charge in [-0.05, 0) is 25.1 Å². The number of carbonyl (C=O) groups excluding carboxylic acids is 2. The second-order valence-electron chi connectivity index (χ2n) is 3.60. The van der Waals surface area contributed by atoms with Crippen LogP contribution in [-0.4, -0.2) is 18.0 Å². The van der Waals surface area contributed by atoms with Gasteiger partial charge in [-0.25, -0.2) is 0 Å². The van der Waals surface area contributed by atoms with Gasteiger partial charge in [0.1, 0.15) is 0 Å². The molecular formula is C12H13Cl2NO3. The van der Waals surface area contributed by atoms with Gasteiger partial charge in [0, 0.05) is 11.4 Å². The predicted octanol–water partition coefficient (Wildman–Crippen LogP) is 3.27. The summed E-state index contributed by atoms with van der Waals surface area (Å²) >= 11 is 11.7. The molecule has 0 saturated heterocycles. The molecule has 0 unspecified atom stereocenters. The zero-order valence-electron chi connectivity index (χ0n) is 10.00. The molecule has 18 heavy (non-hydrogen) atoms. The largest absolute Gasteiger partial charge is 0.453 e. The first kappa shape index (κ1) is 14.8. The fourth-order valence-corrected chi connectivity index (χ4v) is 1.50. The van der Waals surface area contributed by atoms with Gasteiger partial charge in [0.2, 0.25) is 0 Å². The lowest BCUT2D eigenvalue weighted by molar-refractivity contribution is -0.152. The van der Waals surface area contributed by atoms with Crippen LogP contribution in [0.15, 0.2) is 18.2 Å². The lowest BCUT2D eigenvalue weighted by atomic mass is 10.3. The van der Waals surface area contributed by atoms with E-state index in [0.717, 1.165) is 0 Å². The smallest absolute Gasteiger partial charge is 0.306 e. The fourth-order valence-electron chi connectivity index (χ4n) is 1.16. The van der Waals surface area contributed by atoms with Crippen LogP contribution in [0, 0.1) is 0 Å². The fraction of sp³-hybridized carbons (Fsp3) is 0.333.